The fourth-order valence-electron chi connectivity index (χ4n) is 2.29. The fourth-order valence-corrected chi connectivity index (χ4v) is 2.29. The molecule has 5 heteroatoms. The Bertz CT molecular complexity index is 447. The number of carbonyl (C=O) groups excluding carboxylic acids is 1. The molecule has 20 heavy (non-hydrogen) atoms. The van der Waals surface area contributed by atoms with Gasteiger partial charge in [0.05, 0.1) is 12.6 Å². The molecule has 1 aromatic rings. The predicted molar refractivity (Wildman–Crippen MR) is 75.2 cm³/mol. The lowest BCUT2D eigenvalue weighted by Gasteiger charge is -2.27. The van der Waals surface area contributed by atoms with E-state index in [0.29, 0.717) is 6.54 Å². The van der Waals surface area contributed by atoms with Gasteiger partial charge in [-0.05, 0) is 31.5 Å². The molecule has 1 aliphatic rings. The Morgan fingerprint density at radius 3 is 2.95 bits per heavy atom. The van der Waals surface area contributed by atoms with Gasteiger partial charge in [0.1, 0.15) is 6.61 Å². The third-order valence-corrected chi connectivity index (χ3v) is 3.51. The van der Waals surface area contributed by atoms with Crippen molar-refractivity contribution in [2.24, 2.45) is 0 Å². The molecule has 4 nitrogen and oxygen atoms in total. The number of nitrogens with one attached hydrogen (secondary N) is 1. The molecule has 0 saturated carbocycles. The Kier molecular flexibility index (Phi) is 5.35. The van der Waals surface area contributed by atoms with Crippen molar-refractivity contribution in [2.45, 2.75) is 25.3 Å². The van der Waals surface area contributed by atoms with E-state index in [1.54, 1.807) is 30.1 Å². The van der Waals surface area contributed by atoms with E-state index in [2.05, 4.69) is 5.32 Å². The monoisotopic (exact) mass is 280 g/mol. The summed E-state index contributed by atoms with van der Waals surface area (Å²) in [5.74, 6) is -0.0681. The third kappa shape index (κ3) is 3.93. The topological polar surface area (TPSA) is 41.6 Å². The lowest BCUT2D eigenvalue weighted by molar-refractivity contribution is -0.133. The van der Waals surface area contributed by atoms with Crippen molar-refractivity contribution < 1.29 is 13.9 Å². The lowest BCUT2D eigenvalue weighted by atomic mass is 10.0. The highest BCUT2D eigenvalue weighted by molar-refractivity contribution is 5.81. The van der Waals surface area contributed by atoms with Crippen LogP contribution in [0.2, 0.25) is 0 Å². The van der Waals surface area contributed by atoms with E-state index in [4.69, 9.17) is 4.74 Å². The summed E-state index contributed by atoms with van der Waals surface area (Å²) >= 11 is 0. The summed E-state index contributed by atoms with van der Waals surface area (Å²) in [5.41, 5.74) is 0. The molecule has 1 N–H and O–H groups in total. The summed E-state index contributed by atoms with van der Waals surface area (Å²) in [7, 11) is 1.75. The van der Waals surface area contributed by atoms with Crippen LogP contribution in [0, 0.1) is 5.82 Å². The van der Waals surface area contributed by atoms with Crippen molar-refractivity contribution in [1.82, 2.24) is 10.2 Å². The molecule has 1 atom stereocenters. The number of rotatable bonds is 5. The Morgan fingerprint density at radius 2 is 2.25 bits per heavy atom. The maximum atomic E-state index is 13.3. The Balaban J connectivity index is 1.75. The smallest absolute Gasteiger partial charge is 0.239 e. The summed E-state index contributed by atoms with van der Waals surface area (Å²) in [5, 5.41) is 3.22. The normalized spacial score (nSPS) is 18.6. The van der Waals surface area contributed by atoms with Crippen LogP contribution < -0.4 is 10.1 Å². The molecule has 1 amide bonds. The number of hydrogen-bond donors (Lipinski definition) is 1. The van der Waals surface area contributed by atoms with Crippen LogP contribution >= 0.6 is 0 Å². The minimum Gasteiger partial charge on any atom is -0.489 e. The van der Waals surface area contributed by atoms with Gasteiger partial charge in [0, 0.05) is 7.05 Å². The first-order chi connectivity index (χ1) is 9.68. The van der Waals surface area contributed by atoms with Crippen LogP contribution in [0.1, 0.15) is 19.3 Å². The molecule has 2 rings (SSSR count). The highest BCUT2D eigenvalue weighted by Crippen LogP contribution is 2.15. The molecule has 0 aliphatic carbocycles. The zero-order valence-corrected chi connectivity index (χ0v) is 11.8. The largest absolute Gasteiger partial charge is 0.489 e. The zero-order valence-electron chi connectivity index (χ0n) is 11.8. The van der Waals surface area contributed by atoms with Gasteiger partial charge in [-0.2, -0.15) is 0 Å². The molecule has 1 heterocycles. The fraction of sp³-hybridized carbons (Fsp3) is 0.533. The maximum Gasteiger partial charge on any atom is 0.239 e. The zero-order chi connectivity index (χ0) is 14.4. The summed E-state index contributed by atoms with van der Waals surface area (Å²) in [4.78, 5) is 13.8. The quantitative estimate of drug-likeness (QED) is 0.894. The van der Waals surface area contributed by atoms with E-state index < -0.39 is 0 Å². The molecule has 0 aromatic heterocycles. The van der Waals surface area contributed by atoms with E-state index in [-0.39, 0.29) is 30.1 Å². The van der Waals surface area contributed by atoms with Gasteiger partial charge in [-0.3, -0.25) is 4.79 Å². The number of nitrogens with zero attached hydrogens (tertiary/aromatic N) is 1. The van der Waals surface area contributed by atoms with Crippen LogP contribution in [0.5, 0.6) is 5.75 Å². The number of para-hydroxylation sites is 1. The van der Waals surface area contributed by atoms with Crippen LogP contribution in [-0.4, -0.2) is 43.6 Å². The van der Waals surface area contributed by atoms with E-state index in [0.717, 1.165) is 25.8 Å². The number of benzene rings is 1. The van der Waals surface area contributed by atoms with Crippen molar-refractivity contribution in [3.63, 3.8) is 0 Å². The second-order valence-electron chi connectivity index (χ2n) is 5.04. The van der Waals surface area contributed by atoms with Crippen molar-refractivity contribution in [3.05, 3.63) is 30.1 Å². The number of ether oxygens (including phenoxy) is 1. The van der Waals surface area contributed by atoms with Crippen LogP contribution in [0.25, 0.3) is 0 Å². The standard InChI is InChI=1S/C15H21FN2O2/c1-18(15(19)13-7-4-5-9-17-13)10-11-20-14-8-3-2-6-12(14)16/h2-3,6,8,13,17H,4-5,7,9-11H2,1H3/t13-/m1/s1. The molecule has 110 valence electrons. The first-order valence-electron chi connectivity index (χ1n) is 7.04. The van der Waals surface area contributed by atoms with Gasteiger partial charge >= 0.3 is 0 Å². The Labute approximate surface area is 118 Å². The molecular formula is C15H21FN2O2. The molecule has 0 bridgehead atoms. The number of halogens is 1. The molecule has 0 unspecified atom stereocenters. The highest BCUT2D eigenvalue weighted by Gasteiger charge is 2.23. The summed E-state index contributed by atoms with van der Waals surface area (Å²) in [6, 6.07) is 6.20. The van der Waals surface area contributed by atoms with Crippen molar-refractivity contribution in [3.8, 4) is 5.75 Å². The highest BCUT2D eigenvalue weighted by atomic mass is 19.1. The minimum atomic E-state index is -0.379. The first kappa shape index (κ1) is 14.8. The number of hydrogen-bond acceptors (Lipinski definition) is 3. The van der Waals surface area contributed by atoms with E-state index >= 15 is 0 Å². The van der Waals surface area contributed by atoms with Crippen molar-refractivity contribution in [1.29, 1.82) is 0 Å². The number of likely N-dealkylation sites (N-methyl/N-ethyl adjacent to an activating group) is 1. The lowest BCUT2D eigenvalue weighted by Crippen LogP contribution is -2.48. The number of amides is 1. The van der Waals surface area contributed by atoms with E-state index in [1.807, 2.05) is 0 Å². The van der Waals surface area contributed by atoms with Crippen LogP contribution in [0.3, 0.4) is 0 Å². The van der Waals surface area contributed by atoms with Gasteiger partial charge in [0.25, 0.3) is 0 Å². The van der Waals surface area contributed by atoms with Gasteiger partial charge in [-0.1, -0.05) is 18.6 Å². The second-order valence-corrected chi connectivity index (χ2v) is 5.04. The first-order valence-corrected chi connectivity index (χ1v) is 7.04. The van der Waals surface area contributed by atoms with Crippen LogP contribution in [0.15, 0.2) is 24.3 Å². The molecule has 1 fully saturated rings. The Hall–Kier alpha value is -1.62. The van der Waals surface area contributed by atoms with E-state index in [1.165, 1.54) is 6.07 Å². The summed E-state index contributed by atoms with van der Waals surface area (Å²) in [6.45, 7) is 1.64. The van der Waals surface area contributed by atoms with Gasteiger partial charge in [0.15, 0.2) is 11.6 Å². The van der Waals surface area contributed by atoms with Crippen LogP contribution in [0.4, 0.5) is 4.39 Å². The average Bonchev–Trinajstić information content (AvgIpc) is 2.49. The van der Waals surface area contributed by atoms with Gasteiger partial charge in [0.2, 0.25) is 5.91 Å². The predicted octanol–water partition coefficient (Wildman–Crippen LogP) is 1.80. The Morgan fingerprint density at radius 1 is 1.45 bits per heavy atom. The third-order valence-electron chi connectivity index (χ3n) is 3.51. The molecule has 1 aromatic carbocycles. The summed E-state index contributed by atoms with van der Waals surface area (Å²) in [6.07, 6.45) is 3.10. The molecule has 0 spiro atoms. The SMILES string of the molecule is CN(CCOc1ccccc1F)C(=O)[C@H]1CCCCN1. The summed E-state index contributed by atoms with van der Waals surface area (Å²) < 4.78 is 18.7. The average molecular weight is 280 g/mol. The van der Waals surface area contributed by atoms with Gasteiger partial charge in [-0.25, -0.2) is 4.39 Å². The second kappa shape index (κ2) is 7.24. The molecular weight excluding hydrogens is 259 g/mol. The number of carbonyl (C=O) groups is 1. The maximum absolute atomic E-state index is 13.3. The van der Waals surface area contributed by atoms with Gasteiger partial charge in [-0.15, -0.1) is 0 Å². The van der Waals surface area contributed by atoms with Crippen molar-refractivity contribution >= 4 is 5.91 Å². The minimum absolute atomic E-state index is 0.0813. The molecule has 1 aliphatic heterocycles. The van der Waals surface area contributed by atoms with Crippen LogP contribution in [-0.2, 0) is 4.79 Å². The van der Waals surface area contributed by atoms with E-state index in [9.17, 15) is 9.18 Å². The molecule has 1 saturated heterocycles. The van der Waals surface area contributed by atoms with Gasteiger partial charge < -0.3 is 15.0 Å². The number of piperidine rings is 1. The van der Waals surface area contributed by atoms with Crippen molar-refractivity contribution in [2.75, 3.05) is 26.7 Å². The molecule has 0 radical (unpaired) electrons.